The van der Waals surface area contributed by atoms with E-state index in [-0.39, 0.29) is 17.1 Å². The van der Waals surface area contributed by atoms with Crippen LogP contribution < -0.4 is 0 Å². The summed E-state index contributed by atoms with van der Waals surface area (Å²) in [5, 5.41) is 0.130. The fraction of sp³-hybridized carbons (Fsp3) is 0.611. The number of carbonyl (C=O) groups is 1. The summed E-state index contributed by atoms with van der Waals surface area (Å²) in [6, 6.07) is 0. The third-order valence-electron chi connectivity index (χ3n) is 3.83. The van der Waals surface area contributed by atoms with Crippen LogP contribution in [-0.4, -0.2) is 40.2 Å². The molecule has 0 aromatic carbocycles. The number of carbonyl (C=O) groups excluding carboxylic acids is 1. The van der Waals surface area contributed by atoms with Crippen LogP contribution in [0, 0.1) is 0 Å². The first-order valence-electron chi connectivity index (χ1n) is 8.02. The molecular formula is C18H32O4Si. The number of esters is 1. The Hall–Kier alpha value is -1.17. The maximum atomic E-state index is 11.5. The molecule has 23 heavy (non-hydrogen) atoms. The lowest BCUT2D eigenvalue weighted by Crippen LogP contribution is -2.42. The molecule has 0 aliphatic heterocycles. The van der Waals surface area contributed by atoms with Gasteiger partial charge in [-0.05, 0) is 31.1 Å². The molecule has 0 saturated carbocycles. The first kappa shape index (κ1) is 21.8. The van der Waals surface area contributed by atoms with E-state index in [0.29, 0.717) is 19.8 Å². The molecule has 0 spiro atoms. The summed E-state index contributed by atoms with van der Waals surface area (Å²) in [6.07, 6.45) is 8.19. The molecule has 0 N–H and O–H groups in total. The van der Waals surface area contributed by atoms with E-state index >= 15 is 0 Å². The molecule has 0 bridgehead atoms. The summed E-state index contributed by atoms with van der Waals surface area (Å²) in [4.78, 5) is 11.5. The smallest absolute Gasteiger partial charge is 0.330 e. The zero-order chi connectivity index (χ0) is 17.9. The van der Waals surface area contributed by atoms with Crippen molar-refractivity contribution in [2.75, 3.05) is 19.8 Å². The van der Waals surface area contributed by atoms with Crippen molar-refractivity contribution in [1.29, 1.82) is 0 Å². The fourth-order valence-electron chi connectivity index (χ4n) is 1.37. The molecule has 0 heterocycles. The summed E-state index contributed by atoms with van der Waals surface area (Å²) in [7, 11) is -1.86. The summed E-state index contributed by atoms with van der Waals surface area (Å²) in [6.45, 7) is 17.6. The van der Waals surface area contributed by atoms with Gasteiger partial charge >= 0.3 is 5.97 Å². The number of hydrogen-bond acceptors (Lipinski definition) is 4. The fourth-order valence-corrected chi connectivity index (χ4v) is 2.39. The van der Waals surface area contributed by atoms with E-state index in [1.807, 2.05) is 12.2 Å². The number of allylic oxidation sites excluding steroid dienone is 2. The van der Waals surface area contributed by atoms with Gasteiger partial charge in [-0.3, -0.25) is 0 Å². The molecule has 132 valence electrons. The van der Waals surface area contributed by atoms with Gasteiger partial charge in [-0.25, -0.2) is 4.79 Å². The minimum absolute atomic E-state index is 0.130. The van der Waals surface area contributed by atoms with Gasteiger partial charge in [-0.15, -0.1) is 0 Å². The van der Waals surface area contributed by atoms with Crippen LogP contribution >= 0.6 is 0 Å². The molecule has 1 unspecified atom stereocenters. The zero-order valence-corrected chi connectivity index (χ0v) is 16.4. The summed E-state index contributed by atoms with van der Waals surface area (Å²) >= 11 is 0. The van der Waals surface area contributed by atoms with Crippen LogP contribution in [0.1, 0.15) is 27.7 Å². The van der Waals surface area contributed by atoms with Crippen LogP contribution in [0.2, 0.25) is 18.1 Å². The van der Waals surface area contributed by atoms with Gasteiger partial charge in [0.25, 0.3) is 0 Å². The molecule has 4 nitrogen and oxygen atoms in total. The molecule has 0 aromatic rings. The van der Waals surface area contributed by atoms with Crippen LogP contribution in [0.5, 0.6) is 0 Å². The van der Waals surface area contributed by atoms with E-state index in [4.69, 9.17) is 13.9 Å². The SMILES string of the molecule is C=C/C=C/COC(/C=C/C(=O)OCC)CO[Si](C)(C)C(C)(C)C. The lowest BCUT2D eigenvalue weighted by Gasteiger charge is -2.36. The minimum Gasteiger partial charge on any atom is -0.463 e. The molecule has 0 aromatic heterocycles. The second kappa shape index (κ2) is 10.6. The van der Waals surface area contributed by atoms with Crippen LogP contribution in [0.25, 0.3) is 0 Å². The minimum atomic E-state index is -1.86. The molecule has 0 fully saturated rings. The summed E-state index contributed by atoms with van der Waals surface area (Å²) in [5.41, 5.74) is 0. The predicted octanol–water partition coefficient (Wildman–Crippen LogP) is 4.25. The van der Waals surface area contributed by atoms with Gasteiger partial charge in [-0.2, -0.15) is 0 Å². The van der Waals surface area contributed by atoms with Crippen LogP contribution in [0.3, 0.4) is 0 Å². The van der Waals surface area contributed by atoms with Crippen molar-refractivity contribution in [3.8, 4) is 0 Å². The van der Waals surface area contributed by atoms with Crippen LogP contribution in [0.15, 0.2) is 37.0 Å². The Labute approximate surface area is 142 Å². The standard InChI is InChI=1S/C18H32O4Si/c1-8-10-11-14-21-16(12-13-17(19)20-9-2)15-22-23(6,7)18(3,4)5/h8,10-13,16H,1,9,14-15H2,2-7H3/b11-10+,13-12+. The third kappa shape index (κ3) is 9.53. The van der Waals surface area contributed by atoms with Crippen molar-refractivity contribution in [2.45, 2.75) is 51.9 Å². The maximum Gasteiger partial charge on any atom is 0.330 e. The van der Waals surface area contributed by atoms with Gasteiger partial charge in [-0.1, -0.05) is 45.6 Å². The van der Waals surface area contributed by atoms with Crippen molar-refractivity contribution in [1.82, 2.24) is 0 Å². The molecule has 0 aliphatic rings. The van der Waals surface area contributed by atoms with E-state index in [0.717, 1.165) is 0 Å². The van der Waals surface area contributed by atoms with Crippen molar-refractivity contribution in [3.05, 3.63) is 37.0 Å². The van der Waals surface area contributed by atoms with Crippen LogP contribution in [-0.2, 0) is 18.7 Å². The van der Waals surface area contributed by atoms with Gasteiger partial charge in [0.2, 0.25) is 0 Å². The molecule has 0 radical (unpaired) electrons. The Morgan fingerprint density at radius 3 is 2.48 bits per heavy atom. The molecule has 5 heteroatoms. The number of rotatable bonds is 10. The second-order valence-electron chi connectivity index (χ2n) is 6.72. The second-order valence-corrected chi connectivity index (χ2v) is 11.5. The van der Waals surface area contributed by atoms with Crippen molar-refractivity contribution in [3.63, 3.8) is 0 Å². The Kier molecular flexibility index (Phi) is 10.0. The highest BCUT2D eigenvalue weighted by Gasteiger charge is 2.37. The van der Waals surface area contributed by atoms with E-state index in [9.17, 15) is 4.79 Å². The van der Waals surface area contributed by atoms with E-state index in [2.05, 4.69) is 40.4 Å². The van der Waals surface area contributed by atoms with Gasteiger partial charge in [0.05, 0.1) is 25.9 Å². The molecule has 0 amide bonds. The third-order valence-corrected chi connectivity index (χ3v) is 8.33. The first-order chi connectivity index (χ1) is 10.6. The van der Waals surface area contributed by atoms with Gasteiger partial charge in [0.1, 0.15) is 0 Å². The average molecular weight is 341 g/mol. The largest absolute Gasteiger partial charge is 0.463 e. The van der Waals surface area contributed by atoms with E-state index in [1.54, 1.807) is 19.1 Å². The quantitative estimate of drug-likeness (QED) is 0.258. The highest BCUT2D eigenvalue weighted by Crippen LogP contribution is 2.36. The number of hydrogen-bond donors (Lipinski definition) is 0. The van der Waals surface area contributed by atoms with Gasteiger partial charge < -0.3 is 13.9 Å². The molecule has 0 rings (SSSR count). The molecule has 1 atom stereocenters. The Morgan fingerprint density at radius 1 is 1.30 bits per heavy atom. The van der Waals surface area contributed by atoms with E-state index < -0.39 is 8.32 Å². The Balaban J connectivity index is 4.74. The zero-order valence-electron chi connectivity index (χ0n) is 15.4. The topological polar surface area (TPSA) is 44.8 Å². The summed E-state index contributed by atoms with van der Waals surface area (Å²) < 4.78 is 16.8. The van der Waals surface area contributed by atoms with Gasteiger partial charge in [0.15, 0.2) is 8.32 Å². The van der Waals surface area contributed by atoms with Crippen molar-refractivity contribution < 1.29 is 18.7 Å². The average Bonchev–Trinajstić information content (AvgIpc) is 2.44. The normalized spacial score (nSPS) is 14.3. The Bertz CT molecular complexity index is 419. The molecule has 0 aliphatic carbocycles. The van der Waals surface area contributed by atoms with Crippen molar-refractivity contribution >= 4 is 14.3 Å². The predicted molar refractivity (Wildman–Crippen MR) is 98.0 cm³/mol. The Morgan fingerprint density at radius 2 is 1.96 bits per heavy atom. The van der Waals surface area contributed by atoms with Crippen LogP contribution in [0.4, 0.5) is 0 Å². The molecule has 0 saturated heterocycles. The van der Waals surface area contributed by atoms with Crippen molar-refractivity contribution in [2.24, 2.45) is 0 Å². The highest BCUT2D eigenvalue weighted by atomic mass is 28.4. The highest BCUT2D eigenvalue weighted by molar-refractivity contribution is 6.74. The monoisotopic (exact) mass is 340 g/mol. The number of ether oxygens (including phenoxy) is 2. The lowest BCUT2D eigenvalue weighted by molar-refractivity contribution is -0.137. The summed E-state index contributed by atoms with van der Waals surface area (Å²) in [5.74, 6) is -0.366. The lowest BCUT2D eigenvalue weighted by atomic mass is 10.2. The first-order valence-corrected chi connectivity index (χ1v) is 10.9. The maximum absolute atomic E-state index is 11.5. The molecular weight excluding hydrogens is 308 g/mol. The van der Waals surface area contributed by atoms with Gasteiger partial charge in [0, 0.05) is 6.08 Å². The van der Waals surface area contributed by atoms with E-state index in [1.165, 1.54) is 6.08 Å².